The van der Waals surface area contributed by atoms with E-state index in [1.807, 2.05) is 0 Å². The second-order valence-electron chi connectivity index (χ2n) is 5.07. The Bertz CT molecular complexity index is 320. The van der Waals surface area contributed by atoms with Crippen LogP contribution in [0.2, 0.25) is 0 Å². The molecule has 16 heavy (non-hydrogen) atoms. The average Bonchev–Trinajstić information content (AvgIpc) is 2.25. The molecule has 0 aliphatic carbocycles. The van der Waals surface area contributed by atoms with Gasteiger partial charge in [-0.15, -0.1) is 0 Å². The molecule has 0 amide bonds. The van der Waals surface area contributed by atoms with E-state index in [0.29, 0.717) is 17.9 Å². The lowest BCUT2D eigenvalue weighted by atomic mass is 9.87. The summed E-state index contributed by atoms with van der Waals surface area (Å²) >= 11 is 0. The Balaban J connectivity index is 2.70. The molecule has 1 rings (SSSR count). The first-order chi connectivity index (χ1) is 7.54. The Kier molecular flexibility index (Phi) is 4.97. The highest BCUT2D eigenvalue weighted by atomic mass is 15.2. The van der Waals surface area contributed by atoms with Crippen LogP contribution in [-0.4, -0.2) is 6.04 Å². The van der Waals surface area contributed by atoms with Crippen molar-refractivity contribution in [2.24, 2.45) is 17.7 Å². The molecule has 0 fully saturated rings. The van der Waals surface area contributed by atoms with Crippen LogP contribution < -0.4 is 11.3 Å². The summed E-state index contributed by atoms with van der Waals surface area (Å²) in [5, 5.41) is 0. The van der Waals surface area contributed by atoms with Gasteiger partial charge in [0.1, 0.15) is 0 Å². The molecule has 0 radical (unpaired) electrons. The van der Waals surface area contributed by atoms with E-state index in [0.717, 1.165) is 6.42 Å². The number of aryl methyl sites for hydroxylation is 1. The molecule has 0 spiro atoms. The molecule has 0 bridgehead atoms. The van der Waals surface area contributed by atoms with E-state index in [2.05, 4.69) is 57.4 Å². The van der Waals surface area contributed by atoms with Gasteiger partial charge in [-0.1, -0.05) is 50.6 Å². The van der Waals surface area contributed by atoms with Gasteiger partial charge < -0.3 is 0 Å². The minimum absolute atomic E-state index is 0.349. The van der Waals surface area contributed by atoms with Gasteiger partial charge in [0.2, 0.25) is 0 Å². The van der Waals surface area contributed by atoms with Crippen molar-refractivity contribution in [2.45, 2.75) is 40.2 Å². The van der Waals surface area contributed by atoms with Gasteiger partial charge in [0.15, 0.2) is 0 Å². The summed E-state index contributed by atoms with van der Waals surface area (Å²) in [5.74, 6) is 6.87. The molecular weight excluding hydrogens is 196 g/mol. The third-order valence-corrected chi connectivity index (χ3v) is 3.44. The van der Waals surface area contributed by atoms with Crippen LogP contribution in [0, 0.1) is 18.8 Å². The van der Waals surface area contributed by atoms with Crippen molar-refractivity contribution in [2.75, 3.05) is 0 Å². The van der Waals surface area contributed by atoms with Crippen LogP contribution in [0.3, 0.4) is 0 Å². The molecule has 90 valence electrons. The van der Waals surface area contributed by atoms with E-state index in [-0.39, 0.29) is 0 Å². The third kappa shape index (κ3) is 3.62. The van der Waals surface area contributed by atoms with Crippen molar-refractivity contribution in [1.82, 2.24) is 5.43 Å². The van der Waals surface area contributed by atoms with Crippen molar-refractivity contribution in [3.05, 3.63) is 35.4 Å². The van der Waals surface area contributed by atoms with Gasteiger partial charge in [-0.25, -0.2) is 0 Å². The van der Waals surface area contributed by atoms with E-state index >= 15 is 0 Å². The maximum Gasteiger partial charge on any atom is 0.0278 e. The van der Waals surface area contributed by atoms with E-state index in [9.17, 15) is 0 Å². The molecule has 3 N–H and O–H groups in total. The fourth-order valence-electron chi connectivity index (χ4n) is 1.95. The Morgan fingerprint density at radius 1 is 1.25 bits per heavy atom. The highest BCUT2D eigenvalue weighted by molar-refractivity contribution is 5.23. The molecule has 0 saturated carbocycles. The quantitative estimate of drug-likeness (QED) is 0.591. The number of hydrogen-bond acceptors (Lipinski definition) is 2. The molecule has 2 atom stereocenters. The third-order valence-electron chi connectivity index (χ3n) is 3.44. The van der Waals surface area contributed by atoms with E-state index in [1.165, 1.54) is 11.1 Å². The second-order valence-corrected chi connectivity index (χ2v) is 5.07. The molecule has 0 aliphatic heterocycles. The Morgan fingerprint density at radius 3 is 2.44 bits per heavy atom. The maximum absolute atomic E-state index is 5.65. The predicted molar refractivity (Wildman–Crippen MR) is 70.0 cm³/mol. The van der Waals surface area contributed by atoms with Gasteiger partial charge in [-0.05, 0) is 30.7 Å². The van der Waals surface area contributed by atoms with Gasteiger partial charge in [-0.2, -0.15) is 0 Å². The van der Waals surface area contributed by atoms with Gasteiger partial charge >= 0.3 is 0 Å². The standard InChI is InChI=1S/C14H24N2/c1-10(2)12(4)14(16-15)9-13-7-5-6-11(3)8-13/h5-8,10,12,14,16H,9,15H2,1-4H3. The Hall–Kier alpha value is -0.860. The van der Waals surface area contributed by atoms with Crippen LogP contribution in [0.1, 0.15) is 31.9 Å². The summed E-state index contributed by atoms with van der Waals surface area (Å²) in [6.45, 7) is 8.86. The number of hydrazine groups is 1. The number of benzene rings is 1. The van der Waals surface area contributed by atoms with Gasteiger partial charge in [0.05, 0.1) is 0 Å². The van der Waals surface area contributed by atoms with Crippen LogP contribution in [0.4, 0.5) is 0 Å². The van der Waals surface area contributed by atoms with Gasteiger partial charge in [-0.3, -0.25) is 11.3 Å². The Labute approximate surface area is 99.2 Å². The summed E-state index contributed by atoms with van der Waals surface area (Å²) in [6, 6.07) is 8.99. The first-order valence-corrected chi connectivity index (χ1v) is 6.06. The molecule has 2 unspecified atom stereocenters. The first-order valence-electron chi connectivity index (χ1n) is 6.06. The summed E-state index contributed by atoms with van der Waals surface area (Å²) in [7, 11) is 0. The van der Waals surface area contributed by atoms with E-state index in [4.69, 9.17) is 5.84 Å². The maximum atomic E-state index is 5.65. The summed E-state index contributed by atoms with van der Waals surface area (Å²) in [4.78, 5) is 0. The lowest BCUT2D eigenvalue weighted by Gasteiger charge is -2.26. The van der Waals surface area contributed by atoms with Crippen molar-refractivity contribution in [3.8, 4) is 0 Å². The number of nitrogens with two attached hydrogens (primary N) is 1. The van der Waals surface area contributed by atoms with E-state index in [1.54, 1.807) is 0 Å². The summed E-state index contributed by atoms with van der Waals surface area (Å²) in [5.41, 5.74) is 5.62. The van der Waals surface area contributed by atoms with Crippen LogP contribution in [0.5, 0.6) is 0 Å². The molecule has 1 aromatic rings. The average molecular weight is 220 g/mol. The number of nitrogens with one attached hydrogen (secondary N) is 1. The van der Waals surface area contributed by atoms with Gasteiger partial charge in [0, 0.05) is 6.04 Å². The molecule has 1 aromatic carbocycles. The Morgan fingerprint density at radius 2 is 1.94 bits per heavy atom. The summed E-state index contributed by atoms with van der Waals surface area (Å²) < 4.78 is 0. The fraction of sp³-hybridized carbons (Fsp3) is 0.571. The van der Waals surface area contributed by atoms with Crippen molar-refractivity contribution in [3.63, 3.8) is 0 Å². The SMILES string of the molecule is Cc1cccc(CC(NN)C(C)C(C)C)c1. The normalized spacial score (nSPS) is 15.1. The summed E-state index contributed by atoms with van der Waals surface area (Å²) in [6.07, 6.45) is 0.998. The van der Waals surface area contributed by atoms with Crippen LogP contribution in [0.25, 0.3) is 0 Å². The monoisotopic (exact) mass is 220 g/mol. The second kappa shape index (κ2) is 6.02. The minimum Gasteiger partial charge on any atom is -0.271 e. The van der Waals surface area contributed by atoms with Crippen LogP contribution in [0.15, 0.2) is 24.3 Å². The molecule has 0 aliphatic rings. The zero-order valence-electron chi connectivity index (χ0n) is 10.8. The largest absolute Gasteiger partial charge is 0.271 e. The van der Waals surface area contributed by atoms with E-state index < -0.39 is 0 Å². The zero-order chi connectivity index (χ0) is 12.1. The lowest BCUT2D eigenvalue weighted by Crippen LogP contribution is -2.43. The molecule has 2 nitrogen and oxygen atoms in total. The molecule has 0 heterocycles. The predicted octanol–water partition coefficient (Wildman–Crippen LogP) is 2.66. The highest BCUT2D eigenvalue weighted by Crippen LogP contribution is 2.18. The first kappa shape index (κ1) is 13.2. The smallest absolute Gasteiger partial charge is 0.0278 e. The number of rotatable bonds is 5. The van der Waals surface area contributed by atoms with Crippen LogP contribution in [-0.2, 0) is 6.42 Å². The lowest BCUT2D eigenvalue weighted by molar-refractivity contribution is 0.299. The molecule has 0 saturated heterocycles. The van der Waals surface area contributed by atoms with Crippen molar-refractivity contribution >= 4 is 0 Å². The highest BCUT2D eigenvalue weighted by Gasteiger charge is 2.19. The molecule has 2 heteroatoms. The van der Waals surface area contributed by atoms with Crippen molar-refractivity contribution in [1.29, 1.82) is 0 Å². The number of hydrogen-bond donors (Lipinski definition) is 2. The zero-order valence-corrected chi connectivity index (χ0v) is 10.8. The van der Waals surface area contributed by atoms with Crippen LogP contribution >= 0.6 is 0 Å². The topological polar surface area (TPSA) is 38.0 Å². The fourth-order valence-corrected chi connectivity index (χ4v) is 1.95. The molecular formula is C14H24N2. The molecule has 0 aromatic heterocycles. The van der Waals surface area contributed by atoms with Crippen molar-refractivity contribution < 1.29 is 0 Å². The minimum atomic E-state index is 0.349. The van der Waals surface area contributed by atoms with Gasteiger partial charge in [0.25, 0.3) is 0 Å².